The van der Waals surface area contributed by atoms with Crippen LogP contribution >= 0.6 is 0 Å². The summed E-state index contributed by atoms with van der Waals surface area (Å²) in [5.74, 6) is 0. The quantitative estimate of drug-likeness (QED) is 0.891. The Balaban J connectivity index is 2.08. The van der Waals surface area contributed by atoms with E-state index in [0.29, 0.717) is 0 Å². The van der Waals surface area contributed by atoms with Gasteiger partial charge in [0.25, 0.3) is 0 Å². The Morgan fingerprint density at radius 2 is 1.72 bits per heavy atom. The maximum absolute atomic E-state index is 6.20. The van der Waals surface area contributed by atoms with Gasteiger partial charge in [0.2, 0.25) is 0 Å². The largest absolute Gasteiger partial charge is 0.322 e. The van der Waals surface area contributed by atoms with Crippen LogP contribution in [0.5, 0.6) is 0 Å². The van der Waals surface area contributed by atoms with Gasteiger partial charge in [-0.1, -0.05) is 37.3 Å². The number of benzene rings is 1. The number of hydrogen-bond donors (Lipinski definition) is 1. The molecule has 2 aromatic rings. The first kappa shape index (κ1) is 12.8. The molecule has 1 heterocycles. The molecule has 2 rings (SSSR count). The first-order chi connectivity index (χ1) is 8.69. The van der Waals surface area contributed by atoms with Crippen molar-refractivity contribution in [1.29, 1.82) is 0 Å². The van der Waals surface area contributed by atoms with Gasteiger partial charge in [0.1, 0.15) is 0 Å². The summed E-state index contributed by atoms with van der Waals surface area (Å²) in [6.45, 7) is 4.16. The third-order valence-corrected chi connectivity index (χ3v) is 3.18. The molecule has 0 aliphatic rings. The number of nitrogens with two attached hydrogens (primary N) is 1. The zero-order chi connectivity index (χ0) is 13.0. The minimum Gasteiger partial charge on any atom is -0.322 e. The van der Waals surface area contributed by atoms with Crippen LogP contribution in [-0.2, 0) is 12.8 Å². The maximum atomic E-state index is 6.20. The van der Waals surface area contributed by atoms with Crippen LogP contribution in [0, 0.1) is 6.92 Å². The number of hydrogen-bond acceptors (Lipinski definition) is 2. The molecule has 0 radical (unpaired) electrons. The van der Waals surface area contributed by atoms with Crippen molar-refractivity contribution in [2.45, 2.75) is 32.7 Å². The van der Waals surface area contributed by atoms with Crippen LogP contribution in [0.3, 0.4) is 0 Å². The molecule has 18 heavy (non-hydrogen) atoms. The molecular weight excluding hydrogens is 220 g/mol. The molecule has 0 amide bonds. The first-order valence-electron chi connectivity index (χ1n) is 6.46. The van der Waals surface area contributed by atoms with Crippen molar-refractivity contribution in [1.82, 2.24) is 4.98 Å². The molecule has 2 N–H and O–H groups in total. The highest BCUT2D eigenvalue weighted by atomic mass is 14.8. The zero-order valence-electron chi connectivity index (χ0n) is 11.1. The molecule has 1 aromatic heterocycles. The fourth-order valence-electron chi connectivity index (χ4n) is 2.04. The molecule has 2 heteroatoms. The fraction of sp³-hybridized carbons (Fsp3) is 0.312. The lowest BCUT2D eigenvalue weighted by molar-refractivity contribution is 0.693. The van der Waals surface area contributed by atoms with E-state index in [1.54, 1.807) is 0 Å². The van der Waals surface area contributed by atoms with Crippen molar-refractivity contribution < 1.29 is 0 Å². The van der Waals surface area contributed by atoms with Crippen LogP contribution in [0.25, 0.3) is 0 Å². The van der Waals surface area contributed by atoms with Gasteiger partial charge >= 0.3 is 0 Å². The zero-order valence-corrected chi connectivity index (χ0v) is 11.1. The number of pyridine rings is 1. The number of aromatic nitrogens is 1. The lowest BCUT2D eigenvalue weighted by atomic mass is 10.0. The second-order valence-corrected chi connectivity index (χ2v) is 4.68. The minimum absolute atomic E-state index is 0.0302. The molecule has 0 bridgehead atoms. The van der Waals surface area contributed by atoms with Gasteiger partial charge in [-0.25, -0.2) is 0 Å². The Bertz CT molecular complexity index is 503. The molecule has 1 atom stereocenters. The van der Waals surface area contributed by atoms with Crippen molar-refractivity contribution in [2.24, 2.45) is 5.73 Å². The monoisotopic (exact) mass is 240 g/mol. The average Bonchev–Trinajstić information content (AvgIpc) is 2.39. The van der Waals surface area contributed by atoms with Crippen LogP contribution in [0.15, 0.2) is 42.5 Å². The summed E-state index contributed by atoms with van der Waals surface area (Å²) in [7, 11) is 0. The lowest BCUT2D eigenvalue weighted by Crippen LogP contribution is -2.15. The van der Waals surface area contributed by atoms with E-state index in [-0.39, 0.29) is 6.04 Å². The van der Waals surface area contributed by atoms with Crippen molar-refractivity contribution >= 4 is 0 Å². The van der Waals surface area contributed by atoms with Gasteiger partial charge in [-0.15, -0.1) is 0 Å². The highest BCUT2D eigenvalue weighted by Crippen LogP contribution is 2.15. The summed E-state index contributed by atoms with van der Waals surface area (Å²) in [6.07, 6.45) is 1.91. The normalized spacial score (nSPS) is 12.4. The molecule has 1 unspecified atom stereocenters. The van der Waals surface area contributed by atoms with Crippen LogP contribution in [-0.4, -0.2) is 4.98 Å². The minimum atomic E-state index is -0.0302. The molecule has 0 fully saturated rings. The number of rotatable bonds is 4. The lowest BCUT2D eigenvalue weighted by Gasteiger charge is -2.12. The van der Waals surface area contributed by atoms with Crippen LogP contribution in [0.2, 0.25) is 0 Å². The summed E-state index contributed by atoms with van der Waals surface area (Å²) < 4.78 is 0. The number of nitrogens with zero attached hydrogens (tertiary/aromatic N) is 1. The summed E-state index contributed by atoms with van der Waals surface area (Å²) in [5, 5.41) is 0. The second-order valence-electron chi connectivity index (χ2n) is 4.68. The second kappa shape index (κ2) is 5.78. The van der Waals surface area contributed by atoms with Crippen LogP contribution in [0.4, 0.5) is 0 Å². The van der Waals surface area contributed by atoms with Crippen LogP contribution in [0.1, 0.15) is 35.5 Å². The van der Waals surface area contributed by atoms with E-state index in [9.17, 15) is 0 Å². The Labute approximate surface area is 109 Å². The highest BCUT2D eigenvalue weighted by Gasteiger charge is 2.08. The Hall–Kier alpha value is -1.67. The summed E-state index contributed by atoms with van der Waals surface area (Å²) >= 11 is 0. The smallest absolute Gasteiger partial charge is 0.0577 e. The van der Waals surface area contributed by atoms with Crippen molar-refractivity contribution in [3.05, 3.63) is 65.0 Å². The maximum Gasteiger partial charge on any atom is 0.0577 e. The predicted octanol–water partition coefficient (Wildman–Crippen LogP) is 3.19. The van der Waals surface area contributed by atoms with Gasteiger partial charge < -0.3 is 5.73 Å². The molecule has 0 aliphatic heterocycles. The average molecular weight is 240 g/mol. The number of aryl methyl sites for hydroxylation is 2. The predicted molar refractivity (Wildman–Crippen MR) is 75.4 cm³/mol. The molecular formula is C16H20N2. The van der Waals surface area contributed by atoms with E-state index < -0.39 is 0 Å². The van der Waals surface area contributed by atoms with E-state index in [0.717, 1.165) is 24.2 Å². The molecule has 0 spiro atoms. The van der Waals surface area contributed by atoms with E-state index in [4.69, 9.17) is 5.73 Å². The van der Waals surface area contributed by atoms with Gasteiger partial charge in [-0.3, -0.25) is 4.98 Å². The van der Waals surface area contributed by atoms with Crippen LogP contribution < -0.4 is 5.73 Å². The van der Waals surface area contributed by atoms with E-state index in [1.807, 2.05) is 25.1 Å². The highest BCUT2D eigenvalue weighted by molar-refractivity contribution is 5.24. The Kier molecular flexibility index (Phi) is 4.11. The van der Waals surface area contributed by atoms with Crippen molar-refractivity contribution in [2.75, 3.05) is 0 Å². The standard InChI is InChI=1S/C16H20N2/c1-3-13-7-9-14(10-8-13)11-15(17)16-6-4-5-12(2)18-16/h4-10,15H,3,11,17H2,1-2H3. The van der Waals surface area contributed by atoms with E-state index in [1.165, 1.54) is 11.1 Å². The molecule has 0 saturated heterocycles. The van der Waals surface area contributed by atoms with E-state index >= 15 is 0 Å². The molecule has 2 nitrogen and oxygen atoms in total. The SMILES string of the molecule is CCc1ccc(CC(N)c2cccc(C)n2)cc1. The molecule has 0 aliphatic carbocycles. The van der Waals surface area contributed by atoms with Crippen molar-refractivity contribution in [3.63, 3.8) is 0 Å². The Morgan fingerprint density at radius 1 is 1.06 bits per heavy atom. The Morgan fingerprint density at radius 3 is 2.33 bits per heavy atom. The van der Waals surface area contributed by atoms with Crippen molar-refractivity contribution in [3.8, 4) is 0 Å². The third-order valence-electron chi connectivity index (χ3n) is 3.18. The van der Waals surface area contributed by atoms with Gasteiger partial charge in [0.05, 0.1) is 11.7 Å². The van der Waals surface area contributed by atoms with Gasteiger partial charge in [0.15, 0.2) is 0 Å². The summed E-state index contributed by atoms with van der Waals surface area (Å²) in [4.78, 5) is 4.48. The molecule has 1 aromatic carbocycles. The summed E-state index contributed by atoms with van der Waals surface area (Å²) in [6, 6.07) is 14.6. The summed E-state index contributed by atoms with van der Waals surface area (Å²) in [5.41, 5.74) is 10.8. The van der Waals surface area contributed by atoms with Gasteiger partial charge in [-0.2, -0.15) is 0 Å². The van der Waals surface area contributed by atoms with E-state index in [2.05, 4.69) is 36.2 Å². The topological polar surface area (TPSA) is 38.9 Å². The first-order valence-corrected chi connectivity index (χ1v) is 6.46. The van der Waals surface area contributed by atoms with Gasteiger partial charge in [-0.05, 0) is 43.0 Å². The molecule has 94 valence electrons. The molecule has 0 saturated carbocycles. The van der Waals surface area contributed by atoms with Gasteiger partial charge in [0, 0.05) is 5.69 Å². The third kappa shape index (κ3) is 3.17. The fourth-order valence-corrected chi connectivity index (χ4v) is 2.04.